The molecule has 5 rings (SSSR count). The van der Waals surface area contributed by atoms with Crippen molar-refractivity contribution in [3.63, 3.8) is 0 Å². The lowest BCUT2D eigenvalue weighted by Gasteiger charge is -2.33. The summed E-state index contributed by atoms with van der Waals surface area (Å²) in [5.41, 5.74) is 4.15. The maximum atomic E-state index is 12.5. The highest BCUT2D eigenvalue weighted by atomic mass is 32.1. The Morgan fingerprint density at radius 2 is 1.87 bits per heavy atom. The lowest BCUT2D eigenvalue weighted by molar-refractivity contribution is -0.119. The summed E-state index contributed by atoms with van der Waals surface area (Å²) >= 11 is 1.69. The SMILES string of the molecule is Cc1ccc2nc(-c3ccc(NC(=O)CN4CCC(C5OCCO5)CC4)cc3)sc2c1. The lowest BCUT2D eigenvalue weighted by atomic mass is 9.96. The summed E-state index contributed by atoms with van der Waals surface area (Å²) in [5, 5.41) is 4.02. The van der Waals surface area contributed by atoms with Crippen molar-refractivity contribution >= 4 is 33.1 Å². The van der Waals surface area contributed by atoms with Crippen LogP contribution in [0.25, 0.3) is 20.8 Å². The minimum absolute atomic E-state index is 0.0232. The molecule has 7 heteroatoms. The molecule has 0 aliphatic carbocycles. The van der Waals surface area contributed by atoms with Crippen LogP contribution in [0.3, 0.4) is 0 Å². The topological polar surface area (TPSA) is 63.7 Å². The quantitative estimate of drug-likeness (QED) is 0.645. The number of carbonyl (C=O) groups is 1. The van der Waals surface area contributed by atoms with E-state index in [0.717, 1.165) is 47.7 Å². The van der Waals surface area contributed by atoms with E-state index in [9.17, 15) is 4.79 Å². The van der Waals surface area contributed by atoms with E-state index in [-0.39, 0.29) is 12.2 Å². The number of hydrogen-bond acceptors (Lipinski definition) is 6. The normalized spacial score (nSPS) is 18.6. The highest BCUT2D eigenvalue weighted by Gasteiger charge is 2.30. The molecule has 0 saturated carbocycles. The lowest BCUT2D eigenvalue weighted by Crippen LogP contribution is -2.41. The zero-order chi connectivity index (χ0) is 21.2. The number of amides is 1. The fourth-order valence-electron chi connectivity index (χ4n) is 4.29. The number of piperidine rings is 1. The summed E-state index contributed by atoms with van der Waals surface area (Å²) in [4.78, 5) is 19.5. The third kappa shape index (κ3) is 4.80. The number of nitrogens with zero attached hydrogens (tertiary/aromatic N) is 2. The van der Waals surface area contributed by atoms with Gasteiger partial charge in [0.05, 0.1) is 30.0 Å². The van der Waals surface area contributed by atoms with E-state index in [4.69, 9.17) is 14.5 Å². The maximum Gasteiger partial charge on any atom is 0.238 e. The van der Waals surface area contributed by atoms with E-state index in [2.05, 4.69) is 35.3 Å². The van der Waals surface area contributed by atoms with E-state index in [1.54, 1.807) is 11.3 Å². The Morgan fingerprint density at radius 1 is 1.13 bits per heavy atom. The first kappa shape index (κ1) is 20.6. The number of nitrogens with one attached hydrogen (secondary N) is 1. The van der Waals surface area contributed by atoms with Gasteiger partial charge in [-0.3, -0.25) is 9.69 Å². The van der Waals surface area contributed by atoms with E-state index in [1.165, 1.54) is 10.3 Å². The molecule has 2 aliphatic heterocycles. The number of anilines is 1. The van der Waals surface area contributed by atoms with E-state index in [1.807, 2.05) is 24.3 Å². The van der Waals surface area contributed by atoms with Crippen LogP contribution < -0.4 is 5.32 Å². The van der Waals surface area contributed by atoms with Gasteiger partial charge in [-0.25, -0.2) is 4.98 Å². The van der Waals surface area contributed by atoms with Gasteiger partial charge in [-0.05, 0) is 74.8 Å². The first-order chi connectivity index (χ1) is 15.1. The summed E-state index contributed by atoms with van der Waals surface area (Å²) in [6.45, 7) is 5.71. The molecule has 1 aromatic heterocycles. The molecule has 1 amide bonds. The Hall–Kier alpha value is -2.32. The van der Waals surface area contributed by atoms with Crippen molar-refractivity contribution in [1.29, 1.82) is 0 Å². The van der Waals surface area contributed by atoms with Gasteiger partial charge in [0, 0.05) is 17.2 Å². The number of rotatable bonds is 5. The first-order valence-electron chi connectivity index (χ1n) is 10.9. The number of thiazole rings is 1. The maximum absolute atomic E-state index is 12.5. The molecule has 31 heavy (non-hydrogen) atoms. The number of ether oxygens (including phenoxy) is 2. The van der Waals surface area contributed by atoms with Crippen molar-refractivity contribution in [2.75, 3.05) is 38.2 Å². The molecule has 3 aromatic rings. The smallest absolute Gasteiger partial charge is 0.238 e. The van der Waals surface area contributed by atoms with Crippen LogP contribution in [0.2, 0.25) is 0 Å². The molecule has 2 aliphatic rings. The second-order valence-electron chi connectivity index (χ2n) is 8.34. The number of aromatic nitrogens is 1. The summed E-state index contributed by atoms with van der Waals surface area (Å²) in [7, 11) is 0. The van der Waals surface area contributed by atoms with Crippen molar-refractivity contribution in [1.82, 2.24) is 9.88 Å². The number of hydrogen-bond donors (Lipinski definition) is 1. The summed E-state index contributed by atoms with van der Waals surface area (Å²) < 4.78 is 12.5. The van der Waals surface area contributed by atoms with Crippen LogP contribution in [0.4, 0.5) is 5.69 Å². The summed E-state index contributed by atoms with van der Waals surface area (Å²) in [5.74, 6) is 0.468. The van der Waals surface area contributed by atoms with Crippen LogP contribution in [0.15, 0.2) is 42.5 Å². The van der Waals surface area contributed by atoms with Crippen molar-refractivity contribution in [2.24, 2.45) is 5.92 Å². The van der Waals surface area contributed by atoms with Crippen molar-refractivity contribution in [2.45, 2.75) is 26.1 Å². The fourth-order valence-corrected chi connectivity index (χ4v) is 5.36. The average molecular weight is 438 g/mol. The van der Waals surface area contributed by atoms with Crippen LogP contribution in [-0.4, -0.2) is 54.9 Å². The molecule has 0 spiro atoms. The minimum Gasteiger partial charge on any atom is -0.350 e. The third-order valence-corrected chi connectivity index (χ3v) is 7.06. The van der Waals surface area contributed by atoms with Gasteiger partial charge in [0.25, 0.3) is 0 Å². The summed E-state index contributed by atoms with van der Waals surface area (Å²) in [6, 6.07) is 14.3. The van der Waals surface area contributed by atoms with Gasteiger partial charge in [-0.2, -0.15) is 0 Å². The number of likely N-dealkylation sites (tertiary alicyclic amines) is 1. The molecule has 2 aromatic carbocycles. The molecular weight excluding hydrogens is 410 g/mol. The van der Waals surface area contributed by atoms with Gasteiger partial charge in [0.2, 0.25) is 5.91 Å². The molecule has 1 N–H and O–H groups in total. The molecule has 6 nitrogen and oxygen atoms in total. The zero-order valence-corrected chi connectivity index (χ0v) is 18.5. The van der Waals surface area contributed by atoms with E-state index in [0.29, 0.717) is 25.7 Å². The third-order valence-electron chi connectivity index (χ3n) is 5.99. The van der Waals surface area contributed by atoms with Gasteiger partial charge in [-0.1, -0.05) is 6.07 Å². The molecule has 0 atom stereocenters. The average Bonchev–Trinajstić information content (AvgIpc) is 3.44. The highest BCUT2D eigenvalue weighted by Crippen LogP contribution is 2.31. The van der Waals surface area contributed by atoms with Crippen LogP contribution in [0, 0.1) is 12.8 Å². The number of carbonyl (C=O) groups excluding carboxylic acids is 1. The Kier molecular flexibility index (Phi) is 6.00. The van der Waals surface area contributed by atoms with Gasteiger partial charge in [0.15, 0.2) is 6.29 Å². The van der Waals surface area contributed by atoms with Crippen LogP contribution in [-0.2, 0) is 14.3 Å². The van der Waals surface area contributed by atoms with Crippen molar-refractivity contribution in [3.8, 4) is 10.6 Å². The Balaban J connectivity index is 1.14. The number of fused-ring (bicyclic) bond motifs is 1. The predicted octanol–water partition coefficient (Wildman–Crippen LogP) is 4.30. The van der Waals surface area contributed by atoms with Crippen LogP contribution in [0.1, 0.15) is 18.4 Å². The Morgan fingerprint density at radius 3 is 2.61 bits per heavy atom. The fraction of sp³-hybridized carbons (Fsp3) is 0.417. The number of benzene rings is 2. The van der Waals surface area contributed by atoms with Gasteiger partial charge >= 0.3 is 0 Å². The first-order valence-corrected chi connectivity index (χ1v) is 11.7. The van der Waals surface area contributed by atoms with Gasteiger partial charge in [0.1, 0.15) is 5.01 Å². The standard InChI is InChI=1S/C24H27N3O3S/c1-16-2-7-20-21(14-16)31-23(26-20)17-3-5-19(6-4-17)25-22(28)15-27-10-8-18(9-11-27)24-29-12-13-30-24/h2-7,14,18,24H,8-13,15H2,1H3,(H,25,28). The molecule has 3 heterocycles. The molecule has 2 saturated heterocycles. The predicted molar refractivity (Wildman–Crippen MR) is 123 cm³/mol. The number of aryl methyl sites for hydroxylation is 1. The summed E-state index contributed by atoms with van der Waals surface area (Å²) in [6.07, 6.45) is 1.97. The Bertz CT molecular complexity index is 1050. The van der Waals surface area contributed by atoms with E-state index < -0.39 is 0 Å². The van der Waals surface area contributed by atoms with Crippen molar-refractivity contribution in [3.05, 3.63) is 48.0 Å². The van der Waals surface area contributed by atoms with Crippen LogP contribution >= 0.6 is 11.3 Å². The molecule has 0 unspecified atom stereocenters. The largest absolute Gasteiger partial charge is 0.350 e. The van der Waals surface area contributed by atoms with Gasteiger partial charge < -0.3 is 14.8 Å². The molecular formula is C24H27N3O3S. The molecule has 0 bridgehead atoms. The minimum atomic E-state index is -0.0473. The molecule has 0 radical (unpaired) electrons. The Labute approximate surface area is 186 Å². The zero-order valence-electron chi connectivity index (χ0n) is 17.7. The highest BCUT2D eigenvalue weighted by molar-refractivity contribution is 7.21. The second-order valence-corrected chi connectivity index (χ2v) is 9.37. The van der Waals surface area contributed by atoms with Crippen LogP contribution in [0.5, 0.6) is 0 Å². The van der Waals surface area contributed by atoms with Crippen molar-refractivity contribution < 1.29 is 14.3 Å². The molecule has 162 valence electrons. The monoisotopic (exact) mass is 437 g/mol. The molecule has 2 fully saturated rings. The van der Waals surface area contributed by atoms with Gasteiger partial charge in [-0.15, -0.1) is 11.3 Å². The van der Waals surface area contributed by atoms with E-state index >= 15 is 0 Å². The second kappa shape index (κ2) is 9.04.